The Morgan fingerprint density at radius 2 is 1.47 bits per heavy atom. The lowest BCUT2D eigenvalue weighted by Gasteiger charge is -2.41. The molecule has 174 valence electrons. The van der Waals surface area contributed by atoms with E-state index < -0.39 is 41.7 Å². The van der Waals surface area contributed by atoms with Crippen molar-refractivity contribution in [2.24, 2.45) is 29.1 Å². The SMILES string of the molecule is CC(C)C(OC(=O)CCC1CC2CCCC(C2)C1)C(C(=O)O)(C(F)(F)F)C(F)(F)F. The Morgan fingerprint density at radius 1 is 0.967 bits per heavy atom. The molecular formula is C20H28F6O4. The van der Waals surface area contributed by atoms with Crippen molar-refractivity contribution < 1.29 is 45.8 Å². The summed E-state index contributed by atoms with van der Waals surface area (Å²) in [7, 11) is 0. The summed E-state index contributed by atoms with van der Waals surface area (Å²) in [6.45, 7) is 1.94. The molecule has 2 saturated carbocycles. The Balaban J connectivity index is 2.14. The number of fused-ring (bicyclic) bond motifs is 2. The van der Waals surface area contributed by atoms with Crippen LogP contribution in [-0.4, -0.2) is 35.5 Å². The molecule has 3 atom stereocenters. The maximum atomic E-state index is 13.5. The summed E-state index contributed by atoms with van der Waals surface area (Å²) in [5.41, 5.74) is -5.19. The second kappa shape index (κ2) is 8.94. The predicted octanol–water partition coefficient (Wildman–Crippen LogP) is 5.75. The smallest absolute Gasteiger partial charge is 0.417 e. The van der Waals surface area contributed by atoms with Gasteiger partial charge in [-0.2, -0.15) is 26.3 Å². The van der Waals surface area contributed by atoms with E-state index in [2.05, 4.69) is 4.74 Å². The van der Waals surface area contributed by atoms with Gasteiger partial charge in [-0.3, -0.25) is 9.59 Å². The highest BCUT2D eigenvalue weighted by Crippen LogP contribution is 2.55. The zero-order chi connectivity index (χ0) is 22.9. The van der Waals surface area contributed by atoms with Crippen LogP contribution in [0.1, 0.15) is 65.2 Å². The number of carboxylic acid groups (broad SMARTS) is 1. The normalized spacial score (nSPS) is 26.4. The zero-order valence-corrected chi connectivity index (χ0v) is 17.0. The Kier molecular flexibility index (Phi) is 7.39. The molecule has 30 heavy (non-hydrogen) atoms. The fourth-order valence-electron chi connectivity index (χ4n) is 5.20. The van der Waals surface area contributed by atoms with Crippen molar-refractivity contribution in [2.75, 3.05) is 0 Å². The second-order valence-corrected chi connectivity index (χ2v) is 9.04. The Hall–Kier alpha value is -1.48. The first-order chi connectivity index (χ1) is 13.7. The highest BCUT2D eigenvalue weighted by atomic mass is 19.4. The third kappa shape index (κ3) is 4.88. The van der Waals surface area contributed by atoms with E-state index in [0.29, 0.717) is 18.3 Å². The highest BCUT2D eigenvalue weighted by Gasteiger charge is 2.81. The van der Waals surface area contributed by atoms with Gasteiger partial charge in [0.1, 0.15) is 6.10 Å². The quantitative estimate of drug-likeness (QED) is 0.400. The molecule has 0 aliphatic heterocycles. The molecule has 0 aromatic rings. The van der Waals surface area contributed by atoms with Crippen molar-refractivity contribution in [2.45, 2.75) is 83.7 Å². The van der Waals surface area contributed by atoms with Crippen LogP contribution in [0.25, 0.3) is 0 Å². The molecule has 2 aliphatic carbocycles. The minimum Gasteiger partial charge on any atom is -0.480 e. The third-order valence-corrected chi connectivity index (χ3v) is 6.50. The summed E-state index contributed by atoms with van der Waals surface area (Å²) in [5, 5.41) is 9.02. The van der Waals surface area contributed by atoms with Crippen LogP contribution in [0.2, 0.25) is 0 Å². The topological polar surface area (TPSA) is 63.6 Å². The Labute approximate surface area is 171 Å². The highest BCUT2D eigenvalue weighted by molar-refractivity contribution is 5.79. The number of carboxylic acids is 1. The van der Waals surface area contributed by atoms with Crippen LogP contribution in [0.3, 0.4) is 0 Å². The van der Waals surface area contributed by atoms with Gasteiger partial charge in [0, 0.05) is 6.42 Å². The van der Waals surface area contributed by atoms with E-state index in [1.807, 2.05) is 0 Å². The third-order valence-electron chi connectivity index (χ3n) is 6.50. The number of ether oxygens (including phenoxy) is 1. The van der Waals surface area contributed by atoms with Gasteiger partial charge >= 0.3 is 24.3 Å². The lowest BCUT2D eigenvalue weighted by molar-refractivity contribution is -0.358. The second-order valence-electron chi connectivity index (χ2n) is 9.04. The van der Waals surface area contributed by atoms with E-state index in [9.17, 15) is 35.9 Å². The van der Waals surface area contributed by atoms with Gasteiger partial charge in [-0.15, -0.1) is 0 Å². The maximum absolute atomic E-state index is 13.5. The van der Waals surface area contributed by atoms with Crippen molar-refractivity contribution in [3.05, 3.63) is 0 Å². The molecule has 2 rings (SSSR count). The first-order valence-electron chi connectivity index (χ1n) is 10.3. The van der Waals surface area contributed by atoms with E-state index in [0.717, 1.165) is 52.4 Å². The molecule has 1 N–H and O–H groups in total. The summed E-state index contributed by atoms with van der Waals surface area (Å²) in [5.74, 6) is -4.61. The molecule has 10 heteroatoms. The van der Waals surface area contributed by atoms with Crippen LogP contribution >= 0.6 is 0 Å². The molecular weight excluding hydrogens is 418 g/mol. The molecule has 0 amide bonds. The van der Waals surface area contributed by atoms with Crippen molar-refractivity contribution in [1.82, 2.24) is 0 Å². The number of carbonyl (C=O) groups excluding carboxylic acids is 1. The molecule has 0 spiro atoms. The number of alkyl halides is 6. The van der Waals surface area contributed by atoms with Crippen molar-refractivity contribution >= 4 is 11.9 Å². The first-order valence-corrected chi connectivity index (χ1v) is 10.3. The maximum Gasteiger partial charge on any atom is 0.417 e. The summed E-state index contributed by atoms with van der Waals surface area (Å²) in [6.07, 6.45) is -9.07. The van der Waals surface area contributed by atoms with Crippen LogP contribution in [0.15, 0.2) is 0 Å². The standard InChI is InChI=1S/C20H28F6O4/c1-11(2)16(18(17(28)29,19(21,22)23)20(24,25)26)30-15(27)7-6-14-9-12-4-3-5-13(8-12)10-14/h11-14,16H,3-10H2,1-2H3,(H,28,29). The molecule has 2 bridgehead atoms. The average molecular weight is 446 g/mol. The largest absolute Gasteiger partial charge is 0.480 e. The van der Waals surface area contributed by atoms with E-state index in [1.54, 1.807) is 0 Å². The minimum absolute atomic E-state index is 0.175. The van der Waals surface area contributed by atoms with E-state index in [-0.39, 0.29) is 12.3 Å². The van der Waals surface area contributed by atoms with Crippen molar-refractivity contribution in [1.29, 1.82) is 0 Å². The fraction of sp³-hybridized carbons (Fsp3) is 0.900. The van der Waals surface area contributed by atoms with E-state index >= 15 is 0 Å². The monoisotopic (exact) mass is 446 g/mol. The van der Waals surface area contributed by atoms with Crippen molar-refractivity contribution in [3.63, 3.8) is 0 Å². The van der Waals surface area contributed by atoms with Crippen LogP contribution < -0.4 is 0 Å². The number of hydrogen-bond donors (Lipinski definition) is 1. The predicted molar refractivity (Wildman–Crippen MR) is 94.3 cm³/mol. The van der Waals surface area contributed by atoms with Gasteiger partial charge in [0.05, 0.1) is 0 Å². The lowest BCUT2D eigenvalue weighted by atomic mass is 9.67. The Morgan fingerprint density at radius 3 is 1.87 bits per heavy atom. The molecule has 4 nitrogen and oxygen atoms in total. The van der Waals surface area contributed by atoms with Gasteiger partial charge in [-0.05, 0) is 49.4 Å². The molecule has 2 fully saturated rings. The van der Waals surface area contributed by atoms with Gasteiger partial charge in [0.25, 0.3) is 5.41 Å². The Bertz CT molecular complexity index is 602. The number of rotatable bonds is 7. The lowest BCUT2D eigenvalue weighted by Crippen LogP contribution is -2.64. The zero-order valence-electron chi connectivity index (χ0n) is 17.0. The van der Waals surface area contributed by atoms with Crippen LogP contribution in [0, 0.1) is 29.1 Å². The minimum atomic E-state index is -6.20. The average Bonchev–Trinajstić information content (AvgIpc) is 2.56. The molecule has 0 saturated heterocycles. The van der Waals surface area contributed by atoms with Gasteiger partial charge in [0.2, 0.25) is 0 Å². The van der Waals surface area contributed by atoms with Crippen LogP contribution in [0.5, 0.6) is 0 Å². The van der Waals surface area contributed by atoms with Gasteiger partial charge in [-0.1, -0.05) is 33.1 Å². The molecule has 0 heterocycles. The number of halogens is 6. The summed E-state index contributed by atoms with van der Waals surface area (Å²) < 4.78 is 85.6. The molecule has 0 radical (unpaired) electrons. The van der Waals surface area contributed by atoms with Gasteiger partial charge in [-0.25, -0.2) is 0 Å². The van der Waals surface area contributed by atoms with Gasteiger partial charge < -0.3 is 9.84 Å². The van der Waals surface area contributed by atoms with Crippen LogP contribution in [-0.2, 0) is 14.3 Å². The molecule has 0 aromatic heterocycles. The number of hydrogen-bond acceptors (Lipinski definition) is 3. The number of carbonyl (C=O) groups is 2. The fourth-order valence-corrected chi connectivity index (χ4v) is 5.20. The van der Waals surface area contributed by atoms with E-state index in [1.165, 1.54) is 0 Å². The van der Waals surface area contributed by atoms with Crippen molar-refractivity contribution in [3.8, 4) is 0 Å². The first kappa shape index (κ1) is 24.8. The van der Waals surface area contributed by atoms with Crippen LogP contribution in [0.4, 0.5) is 26.3 Å². The number of esters is 1. The molecule has 3 unspecified atom stereocenters. The van der Waals surface area contributed by atoms with E-state index in [4.69, 9.17) is 5.11 Å². The van der Waals surface area contributed by atoms with Gasteiger partial charge in [0.15, 0.2) is 0 Å². The number of aliphatic carboxylic acids is 1. The summed E-state index contributed by atoms with van der Waals surface area (Å²) in [4.78, 5) is 23.5. The molecule has 0 aromatic carbocycles. The summed E-state index contributed by atoms with van der Waals surface area (Å²) in [6, 6.07) is 0. The molecule has 2 aliphatic rings. The summed E-state index contributed by atoms with van der Waals surface area (Å²) >= 11 is 0.